The fourth-order valence-electron chi connectivity index (χ4n) is 7.39. The lowest BCUT2D eigenvalue weighted by atomic mass is 9.75. The number of carbonyl (C=O) groups is 1. The summed E-state index contributed by atoms with van der Waals surface area (Å²) < 4.78 is 37.5. The zero-order chi connectivity index (χ0) is 31.4. The number of amides is 1. The van der Waals surface area contributed by atoms with Crippen molar-refractivity contribution in [2.24, 2.45) is 5.92 Å². The standard InChI is InChI=1S/C35H40ClNO6S/c1-21(2)43-32-20-30-23(16-31(32)42-4)17-33(38)37(34(30)22-8-12-26(36)13-9-22)27-14-10-24(11-15-27)35(3,39)25-18-28-6-5-7-29(19-25)44(28,40)41/h8-16,20-21,25,28-29,34,39H,5-7,17-19H2,1-4H3/t25?,28?,29?,34-,35-/m0/s1. The molecule has 234 valence electrons. The number of hydrogen-bond donors (Lipinski definition) is 1. The zero-order valence-corrected chi connectivity index (χ0v) is 27.2. The predicted molar refractivity (Wildman–Crippen MR) is 172 cm³/mol. The number of carbonyl (C=O) groups excluding carboxylic acids is 1. The maximum Gasteiger partial charge on any atom is 0.232 e. The molecule has 0 spiro atoms. The summed E-state index contributed by atoms with van der Waals surface area (Å²) in [6.45, 7) is 5.71. The highest BCUT2D eigenvalue weighted by Crippen LogP contribution is 2.48. The molecule has 2 saturated heterocycles. The molecule has 2 fully saturated rings. The maximum atomic E-state index is 13.9. The molecule has 0 saturated carbocycles. The van der Waals surface area contributed by atoms with Crippen LogP contribution in [0.2, 0.25) is 5.02 Å². The van der Waals surface area contributed by atoms with Gasteiger partial charge in [0.15, 0.2) is 21.3 Å². The Kier molecular flexibility index (Phi) is 8.22. The number of rotatable bonds is 7. The van der Waals surface area contributed by atoms with Crippen LogP contribution >= 0.6 is 11.6 Å². The lowest BCUT2D eigenvalue weighted by Crippen LogP contribution is -2.48. The summed E-state index contributed by atoms with van der Waals surface area (Å²) in [4.78, 5) is 15.7. The first-order valence-electron chi connectivity index (χ1n) is 15.4. The number of nitrogens with zero attached hydrogens (tertiary/aromatic N) is 1. The number of fused-ring (bicyclic) bond motifs is 3. The number of sulfone groups is 1. The second kappa shape index (κ2) is 11.7. The van der Waals surface area contributed by atoms with Gasteiger partial charge in [0.2, 0.25) is 5.91 Å². The van der Waals surface area contributed by atoms with Crippen molar-refractivity contribution in [3.8, 4) is 11.5 Å². The van der Waals surface area contributed by atoms with E-state index in [1.54, 1.807) is 18.9 Å². The Balaban J connectivity index is 1.37. The molecule has 9 heteroatoms. The molecule has 1 amide bonds. The van der Waals surface area contributed by atoms with Crippen LogP contribution in [0.3, 0.4) is 0 Å². The predicted octanol–water partition coefficient (Wildman–Crippen LogP) is 6.77. The van der Waals surface area contributed by atoms with Gasteiger partial charge in [-0.1, -0.05) is 42.3 Å². The normalized spacial score (nSPS) is 25.7. The average molecular weight is 638 g/mol. The SMILES string of the molecule is COc1cc2c(cc1OC(C)C)[C@H](c1ccc(Cl)cc1)N(c1ccc([C@](C)(O)C3CC4CCCC(C3)S4(=O)=O)cc1)C(=O)C2. The van der Waals surface area contributed by atoms with E-state index in [1.165, 1.54) is 0 Å². The molecule has 7 nitrogen and oxygen atoms in total. The van der Waals surface area contributed by atoms with Gasteiger partial charge in [0.25, 0.3) is 0 Å². The highest BCUT2D eigenvalue weighted by atomic mass is 35.5. The summed E-state index contributed by atoms with van der Waals surface area (Å²) in [5.74, 6) is 0.966. The Hall–Kier alpha value is -3.07. The van der Waals surface area contributed by atoms with Crippen LogP contribution in [0.15, 0.2) is 60.7 Å². The molecule has 3 aliphatic rings. The van der Waals surface area contributed by atoms with Crippen LogP contribution in [-0.2, 0) is 26.7 Å². The summed E-state index contributed by atoms with van der Waals surface area (Å²) >= 11 is 6.25. The van der Waals surface area contributed by atoms with Crippen LogP contribution in [0.4, 0.5) is 5.69 Å². The smallest absolute Gasteiger partial charge is 0.232 e. The average Bonchev–Trinajstić information content (AvgIpc) is 2.96. The van der Waals surface area contributed by atoms with Crippen LogP contribution < -0.4 is 14.4 Å². The van der Waals surface area contributed by atoms with Gasteiger partial charge in [0.1, 0.15) is 0 Å². The molecule has 2 unspecified atom stereocenters. The van der Waals surface area contributed by atoms with Crippen LogP contribution in [0.25, 0.3) is 0 Å². The van der Waals surface area contributed by atoms with Gasteiger partial charge in [0.05, 0.1) is 41.8 Å². The maximum absolute atomic E-state index is 13.9. The van der Waals surface area contributed by atoms with E-state index in [9.17, 15) is 18.3 Å². The zero-order valence-electron chi connectivity index (χ0n) is 25.6. The van der Waals surface area contributed by atoms with Crippen molar-refractivity contribution < 1.29 is 27.8 Å². The van der Waals surface area contributed by atoms with Crippen LogP contribution in [0.5, 0.6) is 11.5 Å². The molecule has 3 aromatic carbocycles. The van der Waals surface area contributed by atoms with E-state index in [2.05, 4.69) is 0 Å². The molecule has 0 aliphatic carbocycles. The third-order valence-corrected chi connectivity index (χ3v) is 12.7. The van der Waals surface area contributed by atoms with Crippen molar-refractivity contribution in [1.82, 2.24) is 0 Å². The topological polar surface area (TPSA) is 93.1 Å². The van der Waals surface area contributed by atoms with Gasteiger partial charge in [-0.3, -0.25) is 4.79 Å². The molecule has 44 heavy (non-hydrogen) atoms. The molecule has 1 N–H and O–H groups in total. The largest absolute Gasteiger partial charge is 0.493 e. The van der Waals surface area contributed by atoms with Crippen LogP contribution in [0.1, 0.15) is 81.2 Å². The highest BCUT2D eigenvalue weighted by molar-refractivity contribution is 7.92. The molecule has 3 aliphatic heterocycles. The van der Waals surface area contributed by atoms with Crippen molar-refractivity contribution in [3.63, 3.8) is 0 Å². The molecule has 6 rings (SSSR count). The van der Waals surface area contributed by atoms with E-state index in [0.29, 0.717) is 53.5 Å². The van der Waals surface area contributed by atoms with Gasteiger partial charge in [-0.15, -0.1) is 0 Å². The number of anilines is 1. The Labute approximate surface area is 265 Å². The highest BCUT2D eigenvalue weighted by Gasteiger charge is 2.49. The van der Waals surface area contributed by atoms with E-state index >= 15 is 0 Å². The number of ether oxygens (including phenoxy) is 2. The second-order valence-corrected chi connectivity index (χ2v) is 15.8. The Morgan fingerprint density at radius 2 is 1.61 bits per heavy atom. The minimum Gasteiger partial charge on any atom is -0.493 e. The van der Waals surface area contributed by atoms with Crippen molar-refractivity contribution in [1.29, 1.82) is 0 Å². The van der Waals surface area contributed by atoms with Crippen molar-refractivity contribution >= 4 is 33.0 Å². The second-order valence-electron chi connectivity index (χ2n) is 12.9. The quantitative estimate of drug-likeness (QED) is 0.307. The van der Waals surface area contributed by atoms with Crippen LogP contribution in [-0.4, -0.2) is 43.1 Å². The monoisotopic (exact) mass is 637 g/mol. The fraction of sp³-hybridized carbons (Fsp3) is 0.457. The van der Waals surface area contributed by atoms with Crippen LogP contribution in [0, 0.1) is 5.92 Å². The van der Waals surface area contributed by atoms with Gasteiger partial charge in [-0.25, -0.2) is 8.42 Å². The molecule has 2 bridgehead atoms. The van der Waals surface area contributed by atoms with Gasteiger partial charge < -0.3 is 19.5 Å². The van der Waals surface area contributed by atoms with Gasteiger partial charge >= 0.3 is 0 Å². The third-order valence-electron chi connectivity index (χ3n) is 9.74. The Morgan fingerprint density at radius 1 is 0.977 bits per heavy atom. The third kappa shape index (κ3) is 5.50. The van der Waals surface area contributed by atoms with E-state index < -0.39 is 21.5 Å². The molecule has 0 radical (unpaired) electrons. The summed E-state index contributed by atoms with van der Waals surface area (Å²) in [5, 5.41) is 11.7. The minimum atomic E-state index is -3.12. The van der Waals surface area contributed by atoms with Gasteiger partial charge in [-0.05, 0) is 111 Å². The summed E-state index contributed by atoms with van der Waals surface area (Å²) in [6.07, 6.45) is 3.33. The Bertz CT molecular complexity index is 1630. The summed E-state index contributed by atoms with van der Waals surface area (Å²) in [7, 11) is -1.53. The first kappa shape index (κ1) is 30.9. The molecule has 4 atom stereocenters. The number of aliphatic hydroxyl groups is 1. The van der Waals surface area contributed by atoms with Gasteiger partial charge in [0, 0.05) is 10.7 Å². The number of halogens is 1. The molecule has 3 aromatic rings. The molecule has 3 heterocycles. The van der Waals surface area contributed by atoms with E-state index in [4.69, 9.17) is 21.1 Å². The minimum absolute atomic E-state index is 0.0677. The fourth-order valence-corrected chi connectivity index (χ4v) is 10.1. The van der Waals surface area contributed by atoms with Crippen molar-refractivity contribution in [2.75, 3.05) is 12.0 Å². The van der Waals surface area contributed by atoms with E-state index in [1.807, 2.05) is 74.5 Å². The number of benzene rings is 3. The molecular formula is C35H40ClNO6S. The van der Waals surface area contributed by atoms with E-state index in [0.717, 1.165) is 23.1 Å². The summed E-state index contributed by atoms with van der Waals surface area (Å²) in [6, 6.07) is 18.4. The number of methoxy groups -OCH3 is 1. The van der Waals surface area contributed by atoms with Gasteiger partial charge in [-0.2, -0.15) is 0 Å². The first-order valence-corrected chi connectivity index (χ1v) is 17.4. The molecular weight excluding hydrogens is 598 g/mol. The number of hydrogen-bond acceptors (Lipinski definition) is 6. The van der Waals surface area contributed by atoms with Crippen molar-refractivity contribution in [3.05, 3.63) is 87.9 Å². The lowest BCUT2D eigenvalue weighted by molar-refractivity contribution is -0.118. The lowest BCUT2D eigenvalue weighted by Gasteiger charge is -2.44. The van der Waals surface area contributed by atoms with Crippen molar-refractivity contribution in [2.45, 2.75) is 87.5 Å². The summed E-state index contributed by atoms with van der Waals surface area (Å²) in [5.41, 5.74) is 2.93. The molecule has 0 aromatic heterocycles. The Morgan fingerprint density at radius 3 is 2.20 bits per heavy atom. The first-order chi connectivity index (χ1) is 20.9. The van der Waals surface area contributed by atoms with E-state index in [-0.39, 0.29) is 34.8 Å².